The Morgan fingerprint density at radius 3 is 2.56 bits per heavy atom. The fourth-order valence-electron chi connectivity index (χ4n) is 4.78. The molecule has 5 rings (SSSR count). The Hall–Kier alpha value is -3.16. The first-order chi connectivity index (χ1) is 15.8. The molecule has 1 aliphatic rings. The maximum atomic E-state index is 5.89. The summed E-state index contributed by atoms with van der Waals surface area (Å²) >= 11 is 0. The minimum atomic E-state index is 0.554. The molecular weight excluding hydrogens is 398 g/mol. The Bertz CT molecular complexity index is 1130. The van der Waals surface area contributed by atoms with E-state index < -0.39 is 0 Å². The number of hydrogen-bond acceptors (Lipinski definition) is 5. The van der Waals surface area contributed by atoms with Gasteiger partial charge in [-0.15, -0.1) is 10.2 Å². The van der Waals surface area contributed by atoms with Gasteiger partial charge in [0.1, 0.15) is 12.7 Å². The Kier molecular flexibility index (Phi) is 6.18. The van der Waals surface area contributed by atoms with Crippen molar-refractivity contribution in [2.24, 2.45) is 0 Å². The molecule has 166 valence electrons. The van der Waals surface area contributed by atoms with Crippen LogP contribution >= 0.6 is 0 Å². The number of aromatic nitrogens is 4. The summed E-state index contributed by atoms with van der Waals surface area (Å²) in [6.07, 6.45) is 10.1. The fourth-order valence-corrected chi connectivity index (χ4v) is 4.78. The number of aromatic amines is 1. The molecule has 7 nitrogen and oxygen atoms in total. The molecule has 1 saturated heterocycles. The third-order valence-corrected chi connectivity index (χ3v) is 6.57. The van der Waals surface area contributed by atoms with E-state index in [1.165, 1.54) is 28.5 Å². The van der Waals surface area contributed by atoms with E-state index in [2.05, 4.69) is 61.9 Å². The topological polar surface area (TPSA) is 87.8 Å². The molecule has 0 amide bonds. The fraction of sp³-hybridized carbons (Fsp3) is 0.360. The maximum Gasteiger partial charge on any atom is 0.123 e. The van der Waals surface area contributed by atoms with Crippen LogP contribution in [0.4, 0.5) is 5.69 Å². The first-order valence-electron chi connectivity index (χ1n) is 11.5. The van der Waals surface area contributed by atoms with Crippen molar-refractivity contribution in [3.05, 3.63) is 72.4 Å². The summed E-state index contributed by atoms with van der Waals surface area (Å²) in [4.78, 5) is 6.10. The Morgan fingerprint density at radius 1 is 1.00 bits per heavy atom. The highest BCUT2D eigenvalue weighted by molar-refractivity contribution is 5.85. The lowest BCUT2D eigenvalue weighted by molar-refractivity contribution is 0.162. The van der Waals surface area contributed by atoms with Gasteiger partial charge < -0.3 is 16.0 Å². The highest BCUT2D eigenvalue weighted by Gasteiger charge is 2.21. The number of anilines is 1. The molecule has 0 radical (unpaired) electrons. The number of H-pyrrole nitrogens is 1. The van der Waals surface area contributed by atoms with Gasteiger partial charge in [-0.3, -0.25) is 9.47 Å². The minimum absolute atomic E-state index is 0.554. The quantitative estimate of drug-likeness (QED) is 0.375. The van der Waals surface area contributed by atoms with Crippen LogP contribution in [0.3, 0.4) is 0 Å². The second kappa shape index (κ2) is 9.54. The van der Waals surface area contributed by atoms with Crippen molar-refractivity contribution in [2.75, 3.05) is 31.9 Å². The average Bonchev–Trinajstić information content (AvgIpc) is 3.50. The summed E-state index contributed by atoms with van der Waals surface area (Å²) in [5.41, 5.74) is 11.7. The van der Waals surface area contributed by atoms with Gasteiger partial charge in [-0.25, -0.2) is 0 Å². The van der Waals surface area contributed by atoms with Crippen molar-refractivity contribution in [1.29, 1.82) is 0 Å². The number of rotatable bonds is 8. The number of aryl methyl sites for hydroxylation is 1. The molecule has 4 N–H and O–H groups in total. The van der Waals surface area contributed by atoms with Gasteiger partial charge in [-0.2, -0.15) is 0 Å². The molecule has 1 unspecified atom stereocenters. The average molecular weight is 430 g/mol. The molecule has 4 aromatic rings. The zero-order valence-electron chi connectivity index (χ0n) is 18.4. The lowest BCUT2D eigenvalue weighted by atomic mass is 9.97. The zero-order valence-corrected chi connectivity index (χ0v) is 18.4. The Labute approximate surface area is 188 Å². The van der Waals surface area contributed by atoms with E-state index in [0.29, 0.717) is 6.04 Å². The van der Waals surface area contributed by atoms with Crippen molar-refractivity contribution in [2.45, 2.75) is 31.7 Å². The summed E-state index contributed by atoms with van der Waals surface area (Å²) < 4.78 is 1.95. The number of fused-ring (bicyclic) bond motifs is 1. The molecule has 7 heteroatoms. The van der Waals surface area contributed by atoms with Gasteiger partial charge in [0.2, 0.25) is 0 Å². The predicted molar refractivity (Wildman–Crippen MR) is 129 cm³/mol. The van der Waals surface area contributed by atoms with Crippen LogP contribution in [0.15, 0.2) is 61.3 Å². The van der Waals surface area contributed by atoms with Crippen molar-refractivity contribution < 1.29 is 0 Å². The van der Waals surface area contributed by atoms with Crippen molar-refractivity contribution in [3.8, 4) is 5.69 Å². The van der Waals surface area contributed by atoms with Crippen LogP contribution < -0.4 is 11.1 Å². The minimum Gasteiger partial charge on any atom is -0.399 e. The van der Waals surface area contributed by atoms with Crippen LogP contribution in [0.25, 0.3) is 16.6 Å². The number of nitrogen functional groups attached to an aromatic ring is 1. The van der Waals surface area contributed by atoms with Gasteiger partial charge >= 0.3 is 0 Å². The van der Waals surface area contributed by atoms with E-state index >= 15 is 0 Å². The van der Waals surface area contributed by atoms with E-state index in [-0.39, 0.29) is 0 Å². The lowest BCUT2D eigenvalue weighted by Gasteiger charge is -2.35. The van der Waals surface area contributed by atoms with Crippen LogP contribution in [0.2, 0.25) is 0 Å². The van der Waals surface area contributed by atoms with Crippen LogP contribution in [0.1, 0.15) is 24.0 Å². The number of nitrogens with two attached hydrogens (primary N) is 1. The normalized spacial score (nSPS) is 15.9. The van der Waals surface area contributed by atoms with E-state index in [4.69, 9.17) is 5.73 Å². The van der Waals surface area contributed by atoms with E-state index in [1.54, 1.807) is 12.7 Å². The highest BCUT2D eigenvalue weighted by atomic mass is 15.2. The van der Waals surface area contributed by atoms with Crippen LogP contribution in [-0.2, 0) is 12.8 Å². The monoisotopic (exact) mass is 429 g/mol. The number of piperazine rings is 1. The van der Waals surface area contributed by atoms with E-state index in [0.717, 1.165) is 56.8 Å². The summed E-state index contributed by atoms with van der Waals surface area (Å²) in [7, 11) is 0. The number of nitrogens with one attached hydrogen (secondary N) is 2. The van der Waals surface area contributed by atoms with Gasteiger partial charge in [-0.05, 0) is 67.1 Å². The van der Waals surface area contributed by atoms with Crippen molar-refractivity contribution in [1.82, 2.24) is 30.0 Å². The lowest BCUT2D eigenvalue weighted by Crippen LogP contribution is -2.49. The van der Waals surface area contributed by atoms with Gasteiger partial charge in [-0.1, -0.05) is 12.1 Å². The largest absolute Gasteiger partial charge is 0.399 e. The third kappa shape index (κ3) is 4.69. The number of hydrogen-bond donors (Lipinski definition) is 3. The van der Waals surface area contributed by atoms with E-state index in [1.807, 2.05) is 16.7 Å². The van der Waals surface area contributed by atoms with Crippen molar-refractivity contribution in [3.63, 3.8) is 0 Å². The Morgan fingerprint density at radius 2 is 1.78 bits per heavy atom. The van der Waals surface area contributed by atoms with Gasteiger partial charge in [0.05, 0.1) is 0 Å². The SMILES string of the molecule is Nc1ccc(CC(CCCc2c[nH]c3ccc(-n4cnnc4)cc23)N2CCNCC2)cc1. The number of nitrogens with zero attached hydrogens (tertiary/aromatic N) is 4. The third-order valence-electron chi connectivity index (χ3n) is 6.57. The first-order valence-corrected chi connectivity index (χ1v) is 11.5. The summed E-state index contributed by atoms with van der Waals surface area (Å²) in [6.45, 7) is 4.39. The van der Waals surface area contributed by atoms with Gasteiger partial charge in [0.15, 0.2) is 0 Å². The molecule has 1 fully saturated rings. The molecular formula is C25H31N7. The number of benzene rings is 2. The van der Waals surface area contributed by atoms with E-state index in [9.17, 15) is 0 Å². The standard InChI is InChI=1S/C25H31N7/c26-21-6-4-19(5-7-21)14-22(31-12-10-27-11-13-31)3-1-2-20-16-28-25-9-8-23(15-24(20)25)32-17-29-30-18-32/h4-9,15-18,22,27-28H,1-3,10-14,26H2. The summed E-state index contributed by atoms with van der Waals surface area (Å²) in [6, 6.07) is 15.4. The summed E-state index contributed by atoms with van der Waals surface area (Å²) in [5.74, 6) is 0. The first kappa shape index (κ1) is 20.7. The molecule has 32 heavy (non-hydrogen) atoms. The second-order valence-electron chi connectivity index (χ2n) is 8.69. The molecule has 2 aromatic carbocycles. The maximum absolute atomic E-state index is 5.89. The van der Waals surface area contributed by atoms with Crippen LogP contribution in [-0.4, -0.2) is 56.9 Å². The summed E-state index contributed by atoms with van der Waals surface area (Å²) in [5, 5.41) is 12.6. The van der Waals surface area contributed by atoms with Crippen molar-refractivity contribution >= 4 is 16.6 Å². The molecule has 3 heterocycles. The predicted octanol–water partition coefficient (Wildman–Crippen LogP) is 3.17. The van der Waals surface area contributed by atoms with Gasteiger partial charge in [0.25, 0.3) is 0 Å². The molecule has 0 bridgehead atoms. The second-order valence-corrected chi connectivity index (χ2v) is 8.69. The van der Waals surface area contributed by atoms with Crippen LogP contribution in [0, 0.1) is 0 Å². The molecule has 0 spiro atoms. The smallest absolute Gasteiger partial charge is 0.123 e. The molecule has 0 saturated carbocycles. The molecule has 1 atom stereocenters. The van der Waals surface area contributed by atoms with Crippen LogP contribution in [0.5, 0.6) is 0 Å². The Balaban J connectivity index is 1.28. The molecule has 1 aliphatic heterocycles. The van der Waals surface area contributed by atoms with Gasteiger partial charge in [0, 0.05) is 60.7 Å². The molecule has 2 aromatic heterocycles. The zero-order chi connectivity index (χ0) is 21.8. The molecule has 0 aliphatic carbocycles. The highest BCUT2D eigenvalue weighted by Crippen LogP contribution is 2.24.